The van der Waals surface area contributed by atoms with Gasteiger partial charge in [0.05, 0.1) is 13.2 Å². The first kappa shape index (κ1) is 17.5. The van der Waals surface area contributed by atoms with E-state index in [4.69, 9.17) is 16.3 Å². The van der Waals surface area contributed by atoms with Gasteiger partial charge in [0.1, 0.15) is 0 Å². The van der Waals surface area contributed by atoms with E-state index in [0.717, 1.165) is 50.8 Å². The van der Waals surface area contributed by atoms with Crippen molar-refractivity contribution in [1.29, 1.82) is 0 Å². The molecule has 0 bridgehead atoms. The minimum absolute atomic E-state index is 0.256. The Morgan fingerprint density at radius 1 is 1.12 bits per heavy atom. The number of piperazine rings is 1. The minimum atomic E-state index is 0.256. The lowest BCUT2D eigenvalue weighted by Gasteiger charge is -2.37. The van der Waals surface area contributed by atoms with Gasteiger partial charge < -0.3 is 14.5 Å². The fraction of sp³-hybridized carbons (Fsp3) is 0.611. The molecule has 0 saturated carbocycles. The van der Waals surface area contributed by atoms with Gasteiger partial charge in [-0.3, -0.25) is 9.69 Å². The highest BCUT2D eigenvalue weighted by Crippen LogP contribution is 2.25. The molecule has 0 aliphatic carbocycles. The molecule has 5 nitrogen and oxygen atoms in total. The summed E-state index contributed by atoms with van der Waals surface area (Å²) in [5.41, 5.74) is 2.49. The summed E-state index contributed by atoms with van der Waals surface area (Å²) < 4.78 is 5.30. The number of anilines is 1. The van der Waals surface area contributed by atoms with Crippen molar-refractivity contribution in [3.63, 3.8) is 0 Å². The number of rotatable bonds is 4. The average Bonchev–Trinajstić information content (AvgIpc) is 2.63. The van der Waals surface area contributed by atoms with Gasteiger partial charge in [-0.25, -0.2) is 0 Å². The van der Waals surface area contributed by atoms with E-state index in [1.54, 1.807) is 0 Å². The van der Waals surface area contributed by atoms with Crippen LogP contribution in [0.4, 0.5) is 5.69 Å². The van der Waals surface area contributed by atoms with E-state index >= 15 is 0 Å². The van der Waals surface area contributed by atoms with Gasteiger partial charge in [-0.1, -0.05) is 17.7 Å². The number of ether oxygens (including phenoxy) is 1. The quantitative estimate of drug-likeness (QED) is 0.831. The number of carbonyl (C=O) groups is 1. The van der Waals surface area contributed by atoms with Gasteiger partial charge in [0.15, 0.2) is 0 Å². The first-order valence-electron chi connectivity index (χ1n) is 8.72. The Morgan fingerprint density at radius 3 is 2.54 bits per heavy atom. The topological polar surface area (TPSA) is 36.0 Å². The summed E-state index contributed by atoms with van der Waals surface area (Å²) in [6.45, 7) is 9.72. The molecule has 1 amide bonds. The van der Waals surface area contributed by atoms with Crippen molar-refractivity contribution >= 4 is 23.2 Å². The summed E-state index contributed by atoms with van der Waals surface area (Å²) in [7, 11) is 0. The Kier molecular flexibility index (Phi) is 5.98. The maximum Gasteiger partial charge on any atom is 0.224 e. The molecule has 0 radical (unpaired) electrons. The standard InChI is InChI=1S/C18H26ClN3O2/c1-15-2-3-16(19)14-17(15)21-8-6-20(7-9-21)5-4-18(23)22-10-12-24-13-11-22/h2-3,14H,4-13H2,1H3. The number of nitrogens with zero attached hydrogens (tertiary/aromatic N) is 3. The molecule has 0 spiro atoms. The molecule has 0 unspecified atom stereocenters. The van der Waals surface area contributed by atoms with Crippen LogP contribution in [0.15, 0.2) is 18.2 Å². The van der Waals surface area contributed by atoms with Gasteiger partial charge in [-0.15, -0.1) is 0 Å². The van der Waals surface area contributed by atoms with Crippen LogP contribution in [0.25, 0.3) is 0 Å². The van der Waals surface area contributed by atoms with Gasteiger partial charge >= 0.3 is 0 Å². The fourth-order valence-electron chi connectivity index (χ4n) is 3.36. The Balaban J connectivity index is 1.45. The van der Waals surface area contributed by atoms with E-state index in [9.17, 15) is 4.79 Å². The molecule has 6 heteroatoms. The molecule has 2 heterocycles. The molecule has 3 rings (SSSR count). The molecule has 24 heavy (non-hydrogen) atoms. The van der Waals surface area contributed by atoms with E-state index in [-0.39, 0.29) is 5.91 Å². The summed E-state index contributed by atoms with van der Waals surface area (Å²) >= 11 is 6.13. The summed E-state index contributed by atoms with van der Waals surface area (Å²) in [5.74, 6) is 0.256. The number of benzene rings is 1. The SMILES string of the molecule is Cc1ccc(Cl)cc1N1CCN(CCC(=O)N2CCOCC2)CC1. The lowest BCUT2D eigenvalue weighted by molar-refractivity contribution is -0.135. The molecule has 0 N–H and O–H groups in total. The monoisotopic (exact) mass is 351 g/mol. The number of amides is 1. The van der Waals surface area contributed by atoms with Crippen LogP contribution in [-0.4, -0.2) is 74.7 Å². The fourth-order valence-corrected chi connectivity index (χ4v) is 3.53. The Bertz CT molecular complexity index is 567. The Morgan fingerprint density at radius 2 is 1.83 bits per heavy atom. The number of morpholine rings is 1. The van der Waals surface area contributed by atoms with Crippen molar-refractivity contribution in [2.45, 2.75) is 13.3 Å². The molecule has 0 atom stereocenters. The third-order valence-corrected chi connectivity index (χ3v) is 5.12. The molecule has 132 valence electrons. The van der Waals surface area contributed by atoms with Gasteiger partial charge in [0, 0.05) is 62.9 Å². The van der Waals surface area contributed by atoms with E-state index < -0.39 is 0 Å². The first-order chi connectivity index (χ1) is 11.6. The van der Waals surface area contributed by atoms with Crippen LogP contribution in [0.5, 0.6) is 0 Å². The molecular weight excluding hydrogens is 326 g/mol. The number of aryl methyl sites for hydroxylation is 1. The normalized spacial score (nSPS) is 19.6. The van der Waals surface area contributed by atoms with Crippen LogP contribution < -0.4 is 4.90 Å². The van der Waals surface area contributed by atoms with Crippen LogP contribution in [0.2, 0.25) is 5.02 Å². The van der Waals surface area contributed by atoms with Crippen molar-refractivity contribution < 1.29 is 9.53 Å². The molecule has 2 aliphatic rings. The molecule has 0 aromatic heterocycles. The highest BCUT2D eigenvalue weighted by atomic mass is 35.5. The van der Waals surface area contributed by atoms with Gasteiger partial charge in [0.2, 0.25) is 5.91 Å². The lowest BCUT2D eigenvalue weighted by Crippen LogP contribution is -2.48. The second-order valence-electron chi connectivity index (χ2n) is 6.50. The van der Waals surface area contributed by atoms with Crippen molar-refractivity contribution in [2.24, 2.45) is 0 Å². The number of halogens is 1. The zero-order valence-corrected chi connectivity index (χ0v) is 15.1. The van der Waals surface area contributed by atoms with E-state index in [2.05, 4.69) is 28.9 Å². The lowest BCUT2D eigenvalue weighted by atomic mass is 10.1. The second-order valence-corrected chi connectivity index (χ2v) is 6.94. The van der Waals surface area contributed by atoms with E-state index in [1.165, 1.54) is 11.3 Å². The highest BCUT2D eigenvalue weighted by Gasteiger charge is 2.21. The predicted molar refractivity (Wildman–Crippen MR) is 96.9 cm³/mol. The van der Waals surface area contributed by atoms with Crippen LogP contribution >= 0.6 is 11.6 Å². The summed E-state index contributed by atoms with van der Waals surface area (Å²) in [6, 6.07) is 6.06. The smallest absolute Gasteiger partial charge is 0.224 e. The zero-order chi connectivity index (χ0) is 16.9. The molecular formula is C18H26ClN3O2. The van der Waals surface area contributed by atoms with Gasteiger partial charge in [-0.05, 0) is 24.6 Å². The van der Waals surface area contributed by atoms with Crippen LogP contribution in [0, 0.1) is 6.92 Å². The third-order valence-electron chi connectivity index (χ3n) is 4.89. The van der Waals surface area contributed by atoms with Crippen molar-refractivity contribution in [3.8, 4) is 0 Å². The molecule has 1 aromatic rings. The summed E-state index contributed by atoms with van der Waals surface area (Å²) in [5, 5.41) is 0.786. The van der Waals surface area contributed by atoms with E-state index in [0.29, 0.717) is 19.6 Å². The molecule has 2 fully saturated rings. The average molecular weight is 352 g/mol. The highest BCUT2D eigenvalue weighted by molar-refractivity contribution is 6.30. The molecule has 1 aromatic carbocycles. The van der Waals surface area contributed by atoms with Crippen molar-refractivity contribution in [2.75, 3.05) is 63.9 Å². The molecule has 2 aliphatic heterocycles. The number of hydrogen-bond acceptors (Lipinski definition) is 4. The van der Waals surface area contributed by atoms with Gasteiger partial charge in [0.25, 0.3) is 0 Å². The maximum atomic E-state index is 12.2. The molecule has 2 saturated heterocycles. The Hall–Kier alpha value is -1.30. The van der Waals surface area contributed by atoms with Crippen molar-refractivity contribution in [1.82, 2.24) is 9.80 Å². The van der Waals surface area contributed by atoms with Crippen molar-refractivity contribution in [3.05, 3.63) is 28.8 Å². The predicted octanol–water partition coefficient (Wildman–Crippen LogP) is 2.02. The first-order valence-corrected chi connectivity index (χ1v) is 9.10. The largest absolute Gasteiger partial charge is 0.378 e. The van der Waals surface area contributed by atoms with Crippen LogP contribution in [0.3, 0.4) is 0 Å². The zero-order valence-electron chi connectivity index (χ0n) is 14.3. The van der Waals surface area contributed by atoms with Gasteiger partial charge in [-0.2, -0.15) is 0 Å². The maximum absolute atomic E-state index is 12.2. The number of hydrogen-bond donors (Lipinski definition) is 0. The summed E-state index contributed by atoms with van der Waals surface area (Å²) in [4.78, 5) is 18.9. The second kappa shape index (κ2) is 8.19. The Labute approximate surface area is 149 Å². The van der Waals surface area contributed by atoms with Crippen LogP contribution in [0.1, 0.15) is 12.0 Å². The number of carbonyl (C=O) groups excluding carboxylic acids is 1. The summed E-state index contributed by atoms with van der Waals surface area (Å²) in [6.07, 6.45) is 0.607. The third kappa shape index (κ3) is 4.41. The van der Waals surface area contributed by atoms with E-state index in [1.807, 2.05) is 11.0 Å². The van der Waals surface area contributed by atoms with Crippen LogP contribution in [-0.2, 0) is 9.53 Å². The minimum Gasteiger partial charge on any atom is -0.378 e.